The summed E-state index contributed by atoms with van der Waals surface area (Å²) in [7, 11) is 0. The first-order chi connectivity index (χ1) is 4.42. The van der Waals surface area contributed by atoms with Crippen molar-refractivity contribution in [2.45, 2.75) is 18.9 Å². The van der Waals surface area contributed by atoms with Gasteiger partial charge in [0.15, 0.2) is 0 Å². The van der Waals surface area contributed by atoms with Crippen LogP contribution in [0.3, 0.4) is 0 Å². The molecule has 1 aliphatic heterocycles. The Balaban J connectivity index is 2.06. The van der Waals surface area contributed by atoms with Gasteiger partial charge in [0.1, 0.15) is 0 Å². The Labute approximate surface area is 55.1 Å². The van der Waals surface area contributed by atoms with Gasteiger partial charge in [-0.05, 0) is 25.3 Å². The van der Waals surface area contributed by atoms with Crippen LogP contribution in [0.25, 0.3) is 0 Å². The molecule has 3 aliphatic rings. The summed E-state index contributed by atoms with van der Waals surface area (Å²) in [5.41, 5.74) is 0.681. The summed E-state index contributed by atoms with van der Waals surface area (Å²) in [6.07, 6.45) is 7.66. The molecule has 1 spiro atoms. The van der Waals surface area contributed by atoms with Crippen LogP contribution in [0.2, 0.25) is 0 Å². The average molecular weight is 121 g/mol. The van der Waals surface area contributed by atoms with Gasteiger partial charge < -0.3 is 5.32 Å². The van der Waals surface area contributed by atoms with Gasteiger partial charge in [0.2, 0.25) is 0 Å². The fourth-order valence-corrected chi connectivity index (χ4v) is 2.57. The molecule has 0 bridgehead atoms. The van der Waals surface area contributed by atoms with Gasteiger partial charge >= 0.3 is 0 Å². The molecular formula is C8H11N. The molecule has 3 atom stereocenters. The molecule has 0 aromatic carbocycles. The van der Waals surface area contributed by atoms with Crippen molar-refractivity contribution in [1.29, 1.82) is 0 Å². The predicted molar refractivity (Wildman–Crippen MR) is 36.1 cm³/mol. The van der Waals surface area contributed by atoms with Crippen LogP contribution in [-0.4, -0.2) is 12.6 Å². The highest BCUT2D eigenvalue weighted by Crippen LogP contribution is 2.58. The van der Waals surface area contributed by atoms with E-state index in [1.807, 2.05) is 0 Å². The second-order valence-electron chi connectivity index (χ2n) is 3.59. The largest absolute Gasteiger partial charge is 0.309 e. The maximum Gasteiger partial charge on any atom is 0.0345 e. The third-order valence-electron chi connectivity index (χ3n) is 3.45. The fraction of sp³-hybridized carbons (Fsp3) is 0.750. The first-order valence-electron chi connectivity index (χ1n) is 3.84. The van der Waals surface area contributed by atoms with E-state index in [2.05, 4.69) is 17.5 Å². The van der Waals surface area contributed by atoms with Crippen molar-refractivity contribution in [1.82, 2.24) is 5.32 Å². The predicted octanol–water partition coefficient (Wildman–Crippen LogP) is 0.924. The summed E-state index contributed by atoms with van der Waals surface area (Å²) in [4.78, 5) is 0. The van der Waals surface area contributed by atoms with Gasteiger partial charge in [0.25, 0.3) is 0 Å². The van der Waals surface area contributed by atoms with Crippen LogP contribution in [-0.2, 0) is 0 Å². The third-order valence-corrected chi connectivity index (χ3v) is 3.45. The van der Waals surface area contributed by atoms with Crippen LogP contribution in [0.15, 0.2) is 12.2 Å². The molecule has 1 saturated carbocycles. The molecule has 9 heavy (non-hydrogen) atoms. The topological polar surface area (TPSA) is 12.0 Å². The lowest BCUT2D eigenvalue weighted by atomic mass is 9.54. The van der Waals surface area contributed by atoms with Crippen molar-refractivity contribution in [3.8, 4) is 0 Å². The normalized spacial score (nSPS) is 59.6. The Bertz CT molecular complexity index is 185. The molecule has 48 valence electrons. The standard InChI is InChI=1S/C8H11N/c1-3-8-4-2-7(8)9-5-6(1)8/h2,4,6-7,9H,1,3,5H2. The SMILES string of the molecule is C1=CC23CCC2CNC13. The van der Waals surface area contributed by atoms with Crippen molar-refractivity contribution < 1.29 is 0 Å². The number of hydrogen-bond donors (Lipinski definition) is 1. The van der Waals surface area contributed by atoms with Gasteiger partial charge in [-0.15, -0.1) is 0 Å². The van der Waals surface area contributed by atoms with E-state index in [0.717, 1.165) is 12.0 Å². The zero-order chi connectivity index (χ0) is 5.90. The number of hydrogen-bond acceptors (Lipinski definition) is 1. The molecule has 0 aromatic rings. The Morgan fingerprint density at radius 1 is 1.56 bits per heavy atom. The van der Waals surface area contributed by atoms with E-state index in [0.29, 0.717) is 5.41 Å². The molecular weight excluding hydrogens is 110 g/mol. The molecule has 3 rings (SSSR count). The smallest absolute Gasteiger partial charge is 0.0345 e. The van der Waals surface area contributed by atoms with Crippen LogP contribution in [0.1, 0.15) is 12.8 Å². The van der Waals surface area contributed by atoms with E-state index in [1.165, 1.54) is 19.4 Å². The fourth-order valence-electron chi connectivity index (χ4n) is 2.57. The molecule has 0 amide bonds. The zero-order valence-electron chi connectivity index (χ0n) is 5.43. The monoisotopic (exact) mass is 121 g/mol. The van der Waals surface area contributed by atoms with E-state index in [9.17, 15) is 0 Å². The summed E-state index contributed by atoms with van der Waals surface area (Å²) in [5.74, 6) is 1.01. The quantitative estimate of drug-likeness (QED) is 0.470. The molecule has 0 radical (unpaired) electrons. The minimum absolute atomic E-state index is 0.681. The molecule has 2 aliphatic carbocycles. The summed E-state index contributed by atoms with van der Waals surface area (Å²) < 4.78 is 0. The molecule has 0 aromatic heterocycles. The number of rotatable bonds is 0. The first-order valence-corrected chi connectivity index (χ1v) is 3.84. The Kier molecular flexibility index (Phi) is 0.552. The molecule has 2 fully saturated rings. The maximum atomic E-state index is 3.52. The second kappa shape index (κ2) is 1.10. The maximum absolute atomic E-state index is 3.52. The summed E-state index contributed by atoms with van der Waals surface area (Å²) in [5, 5.41) is 3.52. The molecule has 1 nitrogen and oxygen atoms in total. The lowest BCUT2D eigenvalue weighted by molar-refractivity contribution is 0.106. The molecule has 1 heterocycles. The van der Waals surface area contributed by atoms with Crippen molar-refractivity contribution in [3.05, 3.63) is 12.2 Å². The zero-order valence-corrected chi connectivity index (χ0v) is 5.43. The summed E-state index contributed by atoms with van der Waals surface area (Å²) >= 11 is 0. The van der Waals surface area contributed by atoms with Crippen LogP contribution in [0, 0.1) is 11.3 Å². The van der Waals surface area contributed by atoms with E-state index in [-0.39, 0.29) is 0 Å². The molecule has 1 saturated heterocycles. The average Bonchev–Trinajstić information content (AvgIpc) is 1.85. The Morgan fingerprint density at radius 3 is 2.89 bits per heavy atom. The third kappa shape index (κ3) is 0.304. The number of nitrogens with one attached hydrogen (secondary N) is 1. The van der Waals surface area contributed by atoms with Gasteiger partial charge in [-0.25, -0.2) is 0 Å². The van der Waals surface area contributed by atoms with Gasteiger partial charge in [0.05, 0.1) is 0 Å². The van der Waals surface area contributed by atoms with E-state index in [4.69, 9.17) is 0 Å². The van der Waals surface area contributed by atoms with Crippen molar-refractivity contribution >= 4 is 0 Å². The first kappa shape index (κ1) is 4.51. The molecule has 3 unspecified atom stereocenters. The van der Waals surface area contributed by atoms with E-state index >= 15 is 0 Å². The highest BCUT2D eigenvalue weighted by molar-refractivity contribution is 5.31. The van der Waals surface area contributed by atoms with Crippen molar-refractivity contribution in [3.63, 3.8) is 0 Å². The summed E-state index contributed by atoms with van der Waals surface area (Å²) in [6.45, 7) is 1.28. The summed E-state index contributed by atoms with van der Waals surface area (Å²) in [6, 6.07) is 0.774. The highest BCUT2D eigenvalue weighted by Gasteiger charge is 2.57. The van der Waals surface area contributed by atoms with Crippen LogP contribution < -0.4 is 5.32 Å². The minimum atomic E-state index is 0.681. The minimum Gasteiger partial charge on any atom is -0.309 e. The molecule has 1 heteroatoms. The van der Waals surface area contributed by atoms with Crippen LogP contribution >= 0.6 is 0 Å². The van der Waals surface area contributed by atoms with E-state index < -0.39 is 0 Å². The second-order valence-corrected chi connectivity index (χ2v) is 3.59. The Hall–Kier alpha value is -0.300. The van der Waals surface area contributed by atoms with Gasteiger partial charge in [-0.2, -0.15) is 0 Å². The van der Waals surface area contributed by atoms with Crippen LogP contribution in [0.4, 0.5) is 0 Å². The van der Waals surface area contributed by atoms with Crippen molar-refractivity contribution in [2.24, 2.45) is 11.3 Å². The highest BCUT2D eigenvalue weighted by atomic mass is 15.0. The van der Waals surface area contributed by atoms with Crippen molar-refractivity contribution in [2.75, 3.05) is 6.54 Å². The van der Waals surface area contributed by atoms with Crippen LogP contribution in [0.5, 0.6) is 0 Å². The van der Waals surface area contributed by atoms with Gasteiger partial charge in [0, 0.05) is 11.5 Å². The Morgan fingerprint density at radius 2 is 2.56 bits per heavy atom. The molecule has 1 N–H and O–H groups in total. The lowest BCUT2D eigenvalue weighted by Gasteiger charge is -2.50. The van der Waals surface area contributed by atoms with Gasteiger partial charge in [-0.1, -0.05) is 12.2 Å². The lowest BCUT2D eigenvalue weighted by Crippen LogP contribution is -2.48. The van der Waals surface area contributed by atoms with E-state index in [1.54, 1.807) is 0 Å². The van der Waals surface area contributed by atoms with Gasteiger partial charge in [-0.3, -0.25) is 0 Å².